The lowest BCUT2D eigenvalue weighted by Gasteiger charge is -2.07. The molecule has 3 rings (SSSR count). The third-order valence-corrected chi connectivity index (χ3v) is 2.88. The summed E-state index contributed by atoms with van der Waals surface area (Å²) in [4.78, 5) is 16.2. The van der Waals surface area contributed by atoms with Gasteiger partial charge in [0.15, 0.2) is 0 Å². The van der Waals surface area contributed by atoms with E-state index < -0.39 is 6.61 Å². The molecule has 2 aromatic carbocycles. The van der Waals surface area contributed by atoms with Gasteiger partial charge in [0.2, 0.25) is 0 Å². The van der Waals surface area contributed by atoms with Crippen LogP contribution < -0.4 is 9.47 Å². The molecule has 0 saturated heterocycles. The normalized spacial score (nSPS) is 9.72. The molecule has 1 N–H and O–H groups in total. The minimum absolute atomic E-state index is 0.129. The highest BCUT2D eigenvalue weighted by atomic mass is 19.3. The van der Waals surface area contributed by atoms with E-state index in [2.05, 4.69) is 20.1 Å². The zero-order chi connectivity index (χ0) is 18.1. The van der Waals surface area contributed by atoms with Gasteiger partial charge in [-0.1, -0.05) is 24.3 Å². The monoisotopic (exact) mass is 347 g/mol. The van der Waals surface area contributed by atoms with Crippen LogP contribution in [0.4, 0.5) is 8.78 Å². The number of benzene rings is 2. The quantitative estimate of drug-likeness (QED) is 0.761. The molecule has 25 heavy (non-hydrogen) atoms. The van der Waals surface area contributed by atoms with Crippen LogP contribution in [0.15, 0.2) is 54.7 Å². The predicted molar refractivity (Wildman–Crippen MR) is 80.0 cm³/mol. The molecule has 0 fully saturated rings. The molecule has 0 amide bonds. The molecular formula is C16H11F2N3O4. The van der Waals surface area contributed by atoms with Gasteiger partial charge < -0.3 is 9.47 Å². The molecule has 9 heteroatoms. The van der Waals surface area contributed by atoms with E-state index in [0.717, 1.165) is 11.1 Å². The first-order valence-electron chi connectivity index (χ1n) is 6.80. The van der Waals surface area contributed by atoms with E-state index in [-0.39, 0.29) is 11.9 Å². The standard InChI is InChI=1S/C15H11F2N3O2.CO2/c16-15(17)22-13-7-3-11(4-8-13)10-1-5-12(6-2-10)21-14-9-18-20-19-14;2-1-3/h1-9,15H,(H,18,19,20);. The summed E-state index contributed by atoms with van der Waals surface area (Å²) in [7, 11) is 0. The molecule has 0 saturated carbocycles. The van der Waals surface area contributed by atoms with E-state index in [1.165, 1.54) is 18.3 Å². The third-order valence-electron chi connectivity index (χ3n) is 2.88. The second-order valence-electron chi connectivity index (χ2n) is 4.42. The van der Waals surface area contributed by atoms with Crippen molar-refractivity contribution in [1.29, 1.82) is 0 Å². The fraction of sp³-hybridized carbons (Fsp3) is 0.0625. The second kappa shape index (κ2) is 8.90. The molecular weight excluding hydrogens is 336 g/mol. The summed E-state index contributed by atoms with van der Waals surface area (Å²) in [5.41, 5.74) is 1.81. The number of halogens is 2. The summed E-state index contributed by atoms with van der Waals surface area (Å²) in [6.45, 7) is -2.82. The smallest absolute Gasteiger partial charge is 0.387 e. The Morgan fingerprint density at radius 2 is 1.44 bits per heavy atom. The van der Waals surface area contributed by atoms with Gasteiger partial charge in [0.1, 0.15) is 17.7 Å². The molecule has 128 valence electrons. The summed E-state index contributed by atoms with van der Waals surface area (Å²) < 4.78 is 34.0. The van der Waals surface area contributed by atoms with Gasteiger partial charge in [-0.3, -0.25) is 0 Å². The molecule has 0 bridgehead atoms. The van der Waals surface area contributed by atoms with Crippen molar-refractivity contribution >= 4 is 6.15 Å². The predicted octanol–water partition coefficient (Wildman–Crippen LogP) is 3.28. The minimum Gasteiger partial charge on any atom is -0.436 e. The largest absolute Gasteiger partial charge is 0.436 e. The van der Waals surface area contributed by atoms with Gasteiger partial charge in [-0.25, -0.2) is 0 Å². The summed E-state index contributed by atoms with van der Waals surface area (Å²) >= 11 is 0. The number of ether oxygens (including phenoxy) is 2. The number of nitrogens with one attached hydrogen (secondary N) is 1. The molecule has 3 aromatic rings. The highest BCUT2D eigenvalue weighted by Gasteiger charge is 2.05. The van der Waals surface area contributed by atoms with Crippen molar-refractivity contribution in [1.82, 2.24) is 15.4 Å². The highest BCUT2D eigenvalue weighted by molar-refractivity contribution is 5.64. The Labute approximate surface area is 140 Å². The fourth-order valence-corrected chi connectivity index (χ4v) is 1.91. The summed E-state index contributed by atoms with van der Waals surface area (Å²) in [6.07, 6.45) is 1.72. The number of alkyl halides is 2. The molecule has 0 spiro atoms. The van der Waals surface area contributed by atoms with Gasteiger partial charge in [-0.15, -0.1) is 5.10 Å². The fourth-order valence-electron chi connectivity index (χ4n) is 1.91. The SMILES string of the molecule is FC(F)Oc1ccc(-c2ccc(Oc3cn[nH]n3)cc2)cc1.O=C=O. The van der Waals surface area contributed by atoms with Crippen molar-refractivity contribution in [3.63, 3.8) is 0 Å². The van der Waals surface area contributed by atoms with E-state index in [9.17, 15) is 8.78 Å². The molecule has 0 aliphatic rings. The molecule has 0 aliphatic carbocycles. The van der Waals surface area contributed by atoms with Crippen LogP contribution in [0, 0.1) is 0 Å². The van der Waals surface area contributed by atoms with Crippen LogP contribution >= 0.6 is 0 Å². The van der Waals surface area contributed by atoms with Crippen LogP contribution in [0.1, 0.15) is 0 Å². The average Bonchev–Trinajstić information content (AvgIpc) is 3.10. The summed E-state index contributed by atoms with van der Waals surface area (Å²) in [5, 5.41) is 9.89. The maximum absolute atomic E-state index is 12.1. The maximum Gasteiger partial charge on any atom is 0.387 e. The first kappa shape index (κ1) is 17.8. The number of nitrogens with zero attached hydrogens (tertiary/aromatic N) is 2. The number of aromatic nitrogens is 3. The molecule has 0 unspecified atom stereocenters. The Morgan fingerprint density at radius 1 is 0.920 bits per heavy atom. The van der Waals surface area contributed by atoms with Gasteiger partial charge in [-0.2, -0.15) is 28.7 Å². The first-order chi connectivity index (χ1) is 12.1. The van der Waals surface area contributed by atoms with Gasteiger partial charge >= 0.3 is 12.8 Å². The summed E-state index contributed by atoms with van der Waals surface area (Å²) in [5.74, 6) is 1.13. The maximum atomic E-state index is 12.1. The number of H-pyrrole nitrogens is 1. The zero-order valence-corrected chi connectivity index (χ0v) is 12.6. The van der Waals surface area contributed by atoms with Gasteiger partial charge in [-0.05, 0) is 35.4 Å². The zero-order valence-electron chi connectivity index (χ0n) is 12.6. The lowest BCUT2D eigenvalue weighted by atomic mass is 10.1. The first-order valence-corrected chi connectivity index (χ1v) is 6.80. The Balaban J connectivity index is 0.000000701. The number of aromatic amines is 1. The Kier molecular flexibility index (Phi) is 6.32. The molecule has 1 heterocycles. The molecule has 0 radical (unpaired) electrons. The van der Waals surface area contributed by atoms with Crippen LogP contribution in [0.3, 0.4) is 0 Å². The molecule has 0 atom stereocenters. The molecule has 7 nitrogen and oxygen atoms in total. The van der Waals surface area contributed by atoms with Gasteiger partial charge in [0.25, 0.3) is 5.88 Å². The number of hydrogen-bond acceptors (Lipinski definition) is 6. The lowest BCUT2D eigenvalue weighted by Crippen LogP contribution is -2.01. The van der Waals surface area contributed by atoms with E-state index in [1.807, 2.05) is 12.1 Å². The summed E-state index contributed by atoms with van der Waals surface area (Å²) in [6, 6.07) is 13.7. The Morgan fingerprint density at radius 3 is 1.88 bits per heavy atom. The van der Waals surface area contributed by atoms with Crippen LogP contribution in [0.25, 0.3) is 11.1 Å². The number of hydrogen-bond donors (Lipinski definition) is 1. The topological polar surface area (TPSA) is 94.2 Å². The van der Waals surface area contributed by atoms with Crippen molar-refractivity contribution in [2.45, 2.75) is 6.61 Å². The van der Waals surface area contributed by atoms with Crippen LogP contribution in [0.2, 0.25) is 0 Å². The van der Waals surface area contributed by atoms with E-state index in [4.69, 9.17) is 14.3 Å². The number of carbonyl (C=O) groups excluding carboxylic acids is 2. The lowest BCUT2D eigenvalue weighted by molar-refractivity contribution is -0.191. The van der Waals surface area contributed by atoms with Crippen LogP contribution in [0.5, 0.6) is 17.4 Å². The second-order valence-corrected chi connectivity index (χ2v) is 4.42. The minimum atomic E-state index is -2.82. The van der Waals surface area contributed by atoms with E-state index in [0.29, 0.717) is 11.6 Å². The Bertz CT molecular complexity index is 800. The molecule has 0 aliphatic heterocycles. The Hall–Kier alpha value is -3.58. The van der Waals surface area contributed by atoms with Crippen molar-refractivity contribution < 1.29 is 27.8 Å². The van der Waals surface area contributed by atoms with E-state index in [1.54, 1.807) is 24.3 Å². The van der Waals surface area contributed by atoms with Crippen molar-refractivity contribution in [3.8, 4) is 28.5 Å². The van der Waals surface area contributed by atoms with Crippen LogP contribution in [-0.4, -0.2) is 28.2 Å². The highest BCUT2D eigenvalue weighted by Crippen LogP contribution is 2.26. The molecule has 1 aromatic heterocycles. The van der Waals surface area contributed by atoms with Crippen LogP contribution in [-0.2, 0) is 9.59 Å². The van der Waals surface area contributed by atoms with Gasteiger partial charge in [0, 0.05) is 0 Å². The van der Waals surface area contributed by atoms with E-state index >= 15 is 0 Å². The van der Waals surface area contributed by atoms with Gasteiger partial charge in [0.05, 0.1) is 0 Å². The van der Waals surface area contributed by atoms with Crippen molar-refractivity contribution in [3.05, 3.63) is 54.7 Å². The van der Waals surface area contributed by atoms with Crippen molar-refractivity contribution in [2.75, 3.05) is 0 Å². The van der Waals surface area contributed by atoms with Crippen molar-refractivity contribution in [2.24, 2.45) is 0 Å². The third kappa shape index (κ3) is 5.52. The number of rotatable bonds is 5. The average molecular weight is 347 g/mol.